The summed E-state index contributed by atoms with van der Waals surface area (Å²) in [5.74, 6) is 0.580. The molecule has 1 atom stereocenters. The van der Waals surface area contributed by atoms with Crippen molar-refractivity contribution < 1.29 is 4.79 Å². The molecule has 0 aliphatic heterocycles. The van der Waals surface area contributed by atoms with Crippen molar-refractivity contribution in [2.24, 2.45) is 0 Å². The highest BCUT2D eigenvalue weighted by Crippen LogP contribution is 2.35. The summed E-state index contributed by atoms with van der Waals surface area (Å²) < 4.78 is 1.13. The molecule has 1 aromatic rings. The maximum Gasteiger partial charge on any atom is 0.140 e. The predicted octanol–water partition coefficient (Wildman–Crippen LogP) is 3.90. The Morgan fingerprint density at radius 1 is 1.27 bits per heavy atom. The van der Waals surface area contributed by atoms with E-state index in [1.165, 1.54) is 16.7 Å². The molecule has 1 unspecified atom stereocenters. The molecule has 1 fully saturated rings. The summed E-state index contributed by atoms with van der Waals surface area (Å²) in [7, 11) is 0. The Morgan fingerprint density at radius 2 is 2.00 bits per heavy atom. The number of Topliss-reactive ketones (excluding diaryl/α,β-unsaturated/α-hetero) is 1. The number of carbonyl (C=O) groups excluding carboxylic acids is 1. The molecular weight excluding hydrogens is 252 g/mol. The van der Waals surface area contributed by atoms with Gasteiger partial charge in [-0.15, -0.1) is 0 Å². The zero-order valence-electron chi connectivity index (χ0n) is 9.14. The van der Waals surface area contributed by atoms with Gasteiger partial charge in [0.1, 0.15) is 5.78 Å². The lowest BCUT2D eigenvalue weighted by molar-refractivity contribution is -0.118. The van der Waals surface area contributed by atoms with E-state index in [0.717, 1.165) is 23.7 Å². The second kappa shape index (κ2) is 4.09. The lowest BCUT2D eigenvalue weighted by Gasteiger charge is -2.14. The van der Waals surface area contributed by atoms with E-state index in [4.69, 9.17) is 0 Å². The van der Waals surface area contributed by atoms with Crippen LogP contribution in [0.25, 0.3) is 0 Å². The topological polar surface area (TPSA) is 17.1 Å². The molecule has 0 amide bonds. The molecule has 0 radical (unpaired) electrons. The van der Waals surface area contributed by atoms with Crippen molar-refractivity contribution in [1.82, 2.24) is 0 Å². The molecule has 0 bridgehead atoms. The van der Waals surface area contributed by atoms with Gasteiger partial charge in [0.2, 0.25) is 0 Å². The molecule has 0 heterocycles. The van der Waals surface area contributed by atoms with Gasteiger partial charge in [0.05, 0.1) is 0 Å². The largest absolute Gasteiger partial charge is 0.299 e. The fraction of sp³-hybridized carbons (Fsp3) is 0.462. The highest BCUT2D eigenvalue weighted by Gasteiger charge is 2.27. The van der Waals surface area contributed by atoms with Crippen LogP contribution >= 0.6 is 15.9 Å². The maximum absolute atomic E-state index is 11.7. The minimum atomic E-state index is 0.164. The standard InChI is InChI=1S/C13H15BrO/c1-8-9(2)12(14)7-6-10(8)11-4-3-5-13(11)15/h6-7,11H,3-5H2,1-2H3. The third-order valence-corrected chi connectivity index (χ3v) is 4.30. The van der Waals surface area contributed by atoms with Crippen molar-refractivity contribution >= 4 is 21.7 Å². The van der Waals surface area contributed by atoms with E-state index in [1.807, 2.05) is 0 Å². The van der Waals surface area contributed by atoms with Gasteiger partial charge in [-0.25, -0.2) is 0 Å². The van der Waals surface area contributed by atoms with Gasteiger partial charge in [-0.2, -0.15) is 0 Å². The van der Waals surface area contributed by atoms with Gasteiger partial charge in [0.25, 0.3) is 0 Å². The van der Waals surface area contributed by atoms with Gasteiger partial charge in [-0.05, 0) is 49.4 Å². The number of benzene rings is 1. The molecule has 1 saturated carbocycles. The summed E-state index contributed by atoms with van der Waals surface area (Å²) in [4.78, 5) is 11.7. The van der Waals surface area contributed by atoms with Gasteiger partial charge in [0, 0.05) is 16.8 Å². The van der Waals surface area contributed by atoms with E-state index in [9.17, 15) is 4.79 Å². The van der Waals surface area contributed by atoms with Crippen LogP contribution in [0.1, 0.15) is 41.9 Å². The smallest absolute Gasteiger partial charge is 0.140 e. The first-order valence-corrected chi connectivity index (χ1v) is 6.19. The minimum absolute atomic E-state index is 0.164. The second-order valence-electron chi connectivity index (χ2n) is 4.30. The number of hydrogen-bond donors (Lipinski definition) is 0. The molecule has 2 heteroatoms. The van der Waals surface area contributed by atoms with E-state index >= 15 is 0 Å². The molecule has 1 nitrogen and oxygen atoms in total. The quantitative estimate of drug-likeness (QED) is 0.754. The highest BCUT2D eigenvalue weighted by atomic mass is 79.9. The van der Waals surface area contributed by atoms with Crippen molar-refractivity contribution in [3.63, 3.8) is 0 Å². The summed E-state index contributed by atoms with van der Waals surface area (Å²) in [6.45, 7) is 4.21. The van der Waals surface area contributed by atoms with Crippen LogP contribution in [0.4, 0.5) is 0 Å². The second-order valence-corrected chi connectivity index (χ2v) is 5.15. The number of rotatable bonds is 1. The molecule has 2 rings (SSSR count). The number of ketones is 1. The Hall–Kier alpha value is -0.630. The Morgan fingerprint density at radius 3 is 2.60 bits per heavy atom. The summed E-state index contributed by atoms with van der Waals surface area (Å²) in [5.41, 5.74) is 3.76. The normalized spacial score (nSPS) is 21.0. The van der Waals surface area contributed by atoms with Crippen LogP contribution in [-0.2, 0) is 4.79 Å². The van der Waals surface area contributed by atoms with Crippen LogP contribution < -0.4 is 0 Å². The fourth-order valence-electron chi connectivity index (χ4n) is 2.33. The predicted molar refractivity (Wildman–Crippen MR) is 65.2 cm³/mol. The molecule has 80 valence electrons. The number of carbonyl (C=O) groups is 1. The van der Waals surface area contributed by atoms with E-state index in [0.29, 0.717) is 5.78 Å². The van der Waals surface area contributed by atoms with E-state index in [-0.39, 0.29) is 5.92 Å². The molecular formula is C13H15BrO. The molecule has 0 saturated heterocycles. The van der Waals surface area contributed by atoms with E-state index in [1.54, 1.807) is 0 Å². The molecule has 0 N–H and O–H groups in total. The molecule has 1 aromatic carbocycles. The highest BCUT2D eigenvalue weighted by molar-refractivity contribution is 9.10. The van der Waals surface area contributed by atoms with Crippen LogP contribution in [0.2, 0.25) is 0 Å². The van der Waals surface area contributed by atoms with Crippen molar-refractivity contribution in [1.29, 1.82) is 0 Å². The number of halogens is 1. The Kier molecular flexibility index (Phi) is 2.96. The first-order chi connectivity index (χ1) is 7.11. The molecule has 0 aromatic heterocycles. The molecule has 15 heavy (non-hydrogen) atoms. The van der Waals surface area contributed by atoms with Crippen LogP contribution in [-0.4, -0.2) is 5.78 Å². The SMILES string of the molecule is Cc1c(Br)ccc(C2CCCC2=O)c1C. The first-order valence-electron chi connectivity index (χ1n) is 5.39. The van der Waals surface area contributed by atoms with Crippen molar-refractivity contribution in [3.8, 4) is 0 Å². The van der Waals surface area contributed by atoms with Gasteiger partial charge >= 0.3 is 0 Å². The van der Waals surface area contributed by atoms with Crippen LogP contribution in [0.15, 0.2) is 16.6 Å². The maximum atomic E-state index is 11.7. The zero-order valence-corrected chi connectivity index (χ0v) is 10.7. The van der Waals surface area contributed by atoms with Gasteiger partial charge in [-0.3, -0.25) is 4.79 Å². The molecule has 1 aliphatic carbocycles. The summed E-state index contributed by atoms with van der Waals surface area (Å²) >= 11 is 3.52. The third kappa shape index (κ3) is 1.87. The van der Waals surface area contributed by atoms with E-state index < -0.39 is 0 Å². The Bertz CT molecular complexity index is 409. The lowest BCUT2D eigenvalue weighted by Crippen LogP contribution is -2.07. The monoisotopic (exact) mass is 266 g/mol. The summed E-state index contributed by atoms with van der Waals surface area (Å²) in [5, 5.41) is 0. The molecule has 1 aliphatic rings. The van der Waals surface area contributed by atoms with Gasteiger partial charge < -0.3 is 0 Å². The van der Waals surface area contributed by atoms with Crippen LogP contribution in [0.3, 0.4) is 0 Å². The van der Waals surface area contributed by atoms with Crippen molar-refractivity contribution in [2.75, 3.05) is 0 Å². The van der Waals surface area contributed by atoms with E-state index in [2.05, 4.69) is 41.9 Å². The summed E-state index contributed by atoms with van der Waals surface area (Å²) in [6.07, 6.45) is 2.85. The lowest BCUT2D eigenvalue weighted by atomic mass is 9.91. The van der Waals surface area contributed by atoms with Crippen molar-refractivity contribution in [2.45, 2.75) is 39.0 Å². The Labute approximate surface area is 99.0 Å². The van der Waals surface area contributed by atoms with Crippen LogP contribution in [0, 0.1) is 13.8 Å². The summed E-state index contributed by atoms with van der Waals surface area (Å²) in [6, 6.07) is 4.16. The van der Waals surface area contributed by atoms with Gasteiger partial charge in [-0.1, -0.05) is 22.0 Å². The van der Waals surface area contributed by atoms with Crippen LogP contribution in [0.5, 0.6) is 0 Å². The molecule has 0 spiro atoms. The van der Waals surface area contributed by atoms with Gasteiger partial charge in [0.15, 0.2) is 0 Å². The first kappa shape index (κ1) is 10.9. The fourth-order valence-corrected chi connectivity index (χ4v) is 2.76. The third-order valence-electron chi connectivity index (χ3n) is 3.44. The number of hydrogen-bond acceptors (Lipinski definition) is 1. The van der Waals surface area contributed by atoms with Crippen molar-refractivity contribution in [3.05, 3.63) is 33.3 Å². The Balaban J connectivity index is 2.45. The minimum Gasteiger partial charge on any atom is -0.299 e. The average molecular weight is 267 g/mol. The zero-order chi connectivity index (χ0) is 11.0. The average Bonchev–Trinajstić information content (AvgIpc) is 2.62.